The average Bonchev–Trinajstić information content (AvgIpc) is 2.71. The van der Waals surface area contributed by atoms with Gasteiger partial charge in [-0.1, -0.05) is 45.0 Å². The van der Waals surface area contributed by atoms with Crippen LogP contribution in [0, 0.1) is 24.2 Å². The summed E-state index contributed by atoms with van der Waals surface area (Å²) in [5.74, 6) is 1.70. The summed E-state index contributed by atoms with van der Waals surface area (Å²) >= 11 is 0. The summed E-state index contributed by atoms with van der Waals surface area (Å²) in [5, 5.41) is 2.55. The van der Waals surface area contributed by atoms with Crippen molar-refractivity contribution < 1.29 is 14.3 Å². The van der Waals surface area contributed by atoms with Gasteiger partial charge in [0.25, 0.3) is 0 Å². The highest BCUT2D eigenvalue weighted by Gasteiger charge is 2.35. The predicted molar refractivity (Wildman–Crippen MR) is 125 cm³/mol. The van der Waals surface area contributed by atoms with Gasteiger partial charge in [-0.25, -0.2) is 0 Å². The van der Waals surface area contributed by atoms with Crippen LogP contribution in [0.15, 0.2) is 30.3 Å². The second-order valence-corrected chi connectivity index (χ2v) is 10.6. The van der Waals surface area contributed by atoms with Crippen molar-refractivity contribution in [3.8, 4) is 5.75 Å². The zero-order valence-electron chi connectivity index (χ0n) is 19.7. The van der Waals surface area contributed by atoms with Crippen molar-refractivity contribution in [3.05, 3.63) is 41.5 Å². The number of carbonyl (C=O) groups is 1. The number of likely N-dealkylation sites (tertiary alicyclic amines) is 1. The summed E-state index contributed by atoms with van der Waals surface area (Å²) in [6.07, 6.45) is 5.02. The summed E-state index contributed by atoms with van der Waals surface area (Å²) in [6, 6.07) is 10.8. The number of benzene rings is 2. The van der Waals surface area contributed by atoms with Gasteiger partial charge in [0.2, 0.25) is 0 Å². The van der Waals surface area contributed by atoms with Crippen LogP contribution in [-0.2, 0) is 16.1 Å². The number of rotatable bonds is 5. The molecule has 0 spiro atoms. The second-order valence-electron chi connectivity index (χ2n) is 10.6. The van der Waals surface area contributed by atoms with E-state index in [1.165, 1.54) is 41.9 Å². The van der Waals surface area contributed by atoms with E-state index in [2.05, 4.69) is 62.9 Å². The minimum absolute atomic E-state index is 0.00115. The van der Waals surface area contributed by atoms with E-state index in [4.69, 9.17) is 9.47 Å². The molecule has 31 heavy (non-hydrogen) atoms. The van der Waals surface area contributed by atoms with Crippen LogP contribution in [0.25, 0.3) is 10.8 Å². The van der Waals surface area contributed by atoms with E-state index in [1.807, 2.05) is 0 Å². The van der Waals surface area contributed by atoms with Crippen molar-refractivity contribution in [1.29, 1.82) is 0 Å². The molecule has 0 unspecified atom stereocenters. The molecule has 0 N–H and O–H groups in total. The van der Waals surface area contributed by atoms with Crippen molar-refractivity contribution in [2.24, 2.45) is 17.3 Å². The monoisotopic (exact) mass is 423 g/mol. The summed E-state index contributed by atoms with van der Waals surface area (Å²) in [7, 11) is 1.47. The largest absolute Gasteiger partial charge is 0.490 e. The molecule has 1 saturated heterocycles. The average molecular weight is 424 g/mol. The van der Waals surface area contributed by atoms with Crippen molar-refractivity contribution >= 4 is 16.7 Å². The smallest absolute Gasteiger partial charge is 0.311 e. The van der Waals surface area contributed by atoms with Crippen molar-refractivity contribution in [1.82, 2.24) is 4.90 Å². The van der Waals surface area contributed by atoms with Crippen LogP contribution in [0.4, 0.5) is 0 Å². The predicted octanol–water partition coefficient (Wildman–Crippen LogP) is 5.74. The van der Waals surface area contributed by atoms with E-state index in [1.54, 1.807) is 0 Å². The minimum Gasteiger partial charge on any atom is -0.490 e. The lowest BCUT2D eigenvalue weighted by molar-refractivity contribution is -0.151. The number of fused-ring (bicyclic) bond motifs is 1. The third kappa shape index (κ3) is 4.74. The van der Waals surface area contributed by atoms with Gasteiger partial charge in [-0.3, -0.25) is 9.69 Å². The number of hydrogen-bond donors (Lipinski definition) is 0. The topological polar surface area (TPSA) is 38.8 Å². The fraction of sp³-hybridized carbons (Fsp3) is 0.593. The van der Waals surface area contributed by atoms with Gasteiger partial charge in [0.05, 0.1) is 19.1 Å². The Labute approximate surface area is 186 Å². The molecule has 168 valence electrons. The molecule has 0 radical (unpaired) electrons. The Morgan fingerprint density at radius 1 is 1.06 bits per heavy atom. The molecular formula is C27H37NO3. The maximum absolute atomic E-state index is 11.8. The molecule has 2 aliphatic rings. The van der Waals surface area contributed by atoms with E-state index in [0.717, 1.165) is 44.1 Å². The Kier molecular flexibility index (Phi) is 6.30. The summed E-state index contributed by atoms with van der Waals surface area (Å²) in [5.41, 5.74) is 2.89. The number of nitrogens with zero attached hydrogens (tertiary/aromatic N) is 1. The molecule has 2 aromatic rings. The fourth-order valence-electron chi connectivity index (χ4n) is 5.32. The molecular weight excluding hydrogens is 386 g/mol. The lowest BCUT2D eigenvalue weighted by Gasteiger charge is -2.39. The Bertz CT molecular complexity index is 931. The third-order valence-corrected chi connectivity index (χ3v) is 7.39. The maximum atomic E-state index is 11.8. The molecule has 1 aliphatic carbocycles. The van der Waals surface area contributed by atoms with E-state index >= 15 is 0 Å². The van der Waals surface area contributed by atoms with E-state index in [-0.39, 0.29) is 18.0 Å². The highest BCUT2D eigenvalue weighted by molar-refractivity contribution is 5.90. The second kappa shape index (κ2) is 8.82. The first-order valence-corrected chi connectivity index (χ1v) is 11.7. The van der Waals surface area contributed by atoms with Gasteiger partial charge >= 0.3 is 5.97 Å². The molecule has 0 atom stereocenters. The zero-order valence-corrected chi connectivity index (χ0v) is 19.7. The van der Waals surface area contributed by atoms with Gasteiger partial charge in [-0.05, 0) is 66.3 Å². The standard InChI is InChI=1S/C27H37NO3/c1-18-14-25(31-21-12-10-20(11-13-21)27(2,3)4)24(23-9-7-6-8-22(18)23)17-28-15-19(16-28)26(29)30-5/h6-9,14,19-21H,10-13,15-17H2,1-5H3/t20-,21-. The Balaban J connectivity index is 1.54. The number of hydrogen-bond acceptors (Lipinski definition) is 4. The Hall–Kier alpha value is -2.07. The van der Waals surface area contributed by atoms with Crippen LogP contribution >= 0.6 is 0 Å². The summed E-state index contributed by atoms with van der Waals surface area (Å²) < 4.78 is 11.6. The first-order chi connectivity index (χ1) is 14.8. The van der Waals surface area contributed by atoms with Gasteiger partial charge < -0.3 is 9.47 Å². The lowest BCUT2D eigenvalue weighted by Crippen LogP contribution is -2.50. The first-order valence-electron chi connectivity index (χ1n) is 11.7. The summed E-state index contributed by atoms with van der Waals surface area (Å²) in [4.78, 5) is 14.1. The van der Waals surface area contributed by atoms with Crippen LogP contribution in [0.1, 0.15) is 57.6 Å². The van der Waals surface area contributed by atoms with Crippen LogP contribution in [0.5, 0.6) is 5.75 Å². The molecule has 4 heteroatoms. The van der Waals surface area contributed by atoms with Crippen molar-refractivity contribution in [3.63, 3.8) is 0 Å². The molecule has 4 rings (SSSR count). The third-order valence-electron chi connectivity index (χ3n) is 7.39. The van der Waals surface area contributed by atoms with Crippen LogP contribution in [0.2, 0.25) is 0 Å². The molecule has 4 nitrogen and oxygen atoms in total. The fourth-order valence-corrected chi connectivity index (χ4v) is 5.32. The number of esters is 1. The number of methoxy groups -OCH3 is 1. The normalized spacial score (nSPS) is 22.9. The van der Waals surface area contributed by atoms with Gasteiger partial charge in [-0.15, -0.1) is 0 Å². The molecule has 0 aromatic heterocycles. The molecule has 1 heterocycles. The van der Waals surface area contributed by atoms with E-state index in [9.17, 15) is 4.79 Å². The van der Waals surface area contributed by atoms with Gasteiger partial charge in [0.1, 0.15) is 5.75 Å². The van der Waals surface area contributed by atoms with Crippen LogP contribution in [0.3, 0.4) is 0 Å². The minimum atomic E-state index is -0.0999. The number of aryl methyl sites for hydroxylation is 1. The summed E-state index contributed by atoms with van der Waals surface area (Å²) in [6.45, 7) is 11.6. The highest BCUT2D eigenvalue weighted by Crippen LogP contribution is 2.40. The molecule has 1 aliphatic heterocycles. The molecule has 2 aromatic carbocycles. The van der Waals surface area contributed by atoms with E-state index in [0.29, 0.717) is 5.41 Å². The Morgan fingerprint density at radius 3 is 2.32 bits per heavy atom. The molecule has 1 saturated carbocycles. The van der Waals surface area contributed by atoms with Gasteiger partial charge in [-0.2, -0.15) is 0 Å². The van der Waals surface area contributed by atoms with Crippen LogP contribution < -0.4 is 4.74 Å². The van der Waals surface area contributed by atoms with Crippen LogP contribution in [-0.4, -0.2) is 37.2 Å². The number of carbonyl (C=O) groups excluding carboxylic acids is 1. The van der Waals surface area contributed by atoms with Gasteiger partial charge in [0, 0.05) is 25.2 Å². The van der Waals surface area contributed by atoms with Crippen molar-refractivity contribution in [2.75, 3.05) is 20.2 Å². The number of ether oxygens (including phenoxy) is 2. The maximum Gasteiger partial charge on any atom is 0.311 e. The lowest BCUT2D eigenvalue weighted by atomic mass is 9.72. The molecule has 0 amide bonds. The Morgan fingerprint density at radius 2 is 1.71 bits per heavy atom. The SMILES string of the molecule is COC(=O)C1CN(Cc2c(O[C@H]3CC[C@H](C(C)(C)C)CC3)cc(C)c3ccccc23)C1. The van der Waals surface area contributed by atoms with Gasteiger partial charge in [0.15, 0.2) is 0 Å². The van der Waals surface area contributed by atoms with E-state index < -0.39 is 0 Å². The highest BCUT2D eigenvalue weighted by atomic mass is 16.5. The quantitative estimate of drug-likeness (QED) is 0.575. The first kappa shape index (κ1) is 22.1. The molecule has 0 bridgehead atoms. The molecule has 2 fully saturated rings. The van der Waals surface area contributed by atoms with Crippen molar-refractivity contribution in [2.45, 2.75) is 66.0 Å². The zero-order chi connectivity index (χ0) is 22.2.